The minimum absolute atomic E-state index is 0.0233. The molecule has 0 saturated carbocycles. The van der Waals surface area contributed by atoms with Crippen molar-refractivity contribution in [2.45, 2.75) is 58.7 Å². The number of hydrogen-bond acceptors (Lipinski definition) is 7. The van der Waals surface area contributed by atoms with Crippen molar-refractivity contribution in [2.24, 2.45) is 0 Å². The molecule has 2 aromatic carbocycles. The minimum atomic E-state index is -3.26. The molecule has 1 unspecified atom stereocenters. The van der Waals surface area contributed by atoms with Gasteiger partial charge >= 0.3 is 0 Å². The number of sulfonamides is 1. The van der Waals surface area contributed by atoms with Crippen molar-refractivity contribution in [2.75, 3.05) is 29.6 Å². The van der Waals surface area contributed by atoms with E-state index in [0.29, 0.717) is 37.4 Å². The van der Waals surface area contributed by atoms with Crippen LogP contribution in [0.1, 0.15) is 45.2 Å². The van der Waals surface area contributed by atoms with E-state index in [1.807, 2.05) is 26.0 Å². The Hall–Kier alpha value is -3.31. The molecule has 8 nitrogen and oxygen atoms in total. The average Bonchev–Trinajstić information content (AvgIpc) is 2.88. The zero-order valence-corrected chi connectivity index (χ0v) is 23.6. The summed E-state index contributed by atoms with van der Waals surface area (Å²) in [6.45, 7) is 9.27. The molecule has 1 aromatic heterocycles. The summed E-state index contributed by atoms with van der Waals surface area (Å²) in [6, 6.07) is 8.69. The molecule has 5 rings (SSSR count). The summed E-state index contributed by atoms with van der Waals surface area (Å²) < 4.78 is 61.6. The lowest BCUT2D eigenvalue weighted by atomic mass is 10.00. The zero-order valence-electron chi connectivity index (χ0n) is 22.8. The van der Waals surface area contributed by atoms with Crippen LogP contribution in [0.5, 0.6) is 5.75 Å². The number of fused-ring (bicyclic) bond motifs is 2. The number of halogens is 2. The van der Waals surface area contributed by atoms with E-state index in [9.17, 15) is 12.8 Å². The lowest BCUT2D eigenvalue weighted by molar-refractivity contribution is 0.0960. The highest BCUT2D eigenvalue weighted by molar-refractivity contribution is 7.88. The summed E-state index contributed by atoms with van der Waals surface area (Å²) in [5.41, 5.74) is 2.90. The Morgan fingerprint density at radius 3 is 2.64 bits per heavy atom. The van der Waals surface area contributed by atoms with Gasteiger partial charge in [0.15, 0.2) is 17.4 Å². The van der Waals surface area contributed by atoms with E-state index in [-0.39, 0.29) is 29.0 Å². The Kier molecular flexibility index (Phi) is 7.00. The zero-order chi connectivity index (χ0) is 28.1. The Balaban J connectivity index is 1.45. The summed E-state index contributed by atoms with van der Waals surface area (Å²) >= 11 is 0. The third-order valence-corrected chi connectivity index (χ3v) is 8.56. The molecule has 0 amide bonds. The maximum absolute atomic E-state index is 15.4. The molecule has 0 spiro atoms. The molecule has 3 aromatic rings. The molecule has 3 heterocycles. The minimum Gasteiger partial charge on any atom is -0.481 e. The van der Waals surface area contributed by atoms with Crippen molar-refractivity contribution in [1.82, 2.24) is 14.3 Å². The Morgan fingerprint density at radius 1 is 1.15 bits per heavy atom. The summed E-state index contributed by atoms with van der Waals surface area (Å²) in [5, 5.41) is 3.11. The smallest absolute Gasteiger partial charge is 0.227 e. The molecule has 0 bridgehead atoms. The molecular weight excluding hydrogens is 524 g/mol. The molecule has 1 N–H and O–H groups in total. The Labute approximate surface area is 228 Å². The van der Waals surface area contributed by atoms with Crippen LogP contribution < -0.4 is 15.0 Å². The van der Waals surface area contributed by atoms with Gasteiger partial charge in [0.25, 0.3) is 0 Å². The molecule has 11 heteroatoms. The second-order valence-electron chi connectivity index (χ2n) is 10.9. The van der Waals surface area contributed by atoms with Crippen molar-refractivity contribution in [1.29, 1.82) is 0 Å². The maximum atomic E-state index is 15.4. The predicted molar refractivity (Wildman–Crippen MR) is 148 cm³/mol. The number of benzene rings is 2. The van der Waals surface area contributed by atoms with Gasteiger partial charge in [-0.3, -0.25) is 0 Å². The van der Waals surface area contributed by atoms with Crippen molar-refractivity contribution in [3.8, 4) is 17.0 Å². The van der Waals surface area contributed by atoms with Gasteiger partial charge in [0.05, 0.1) is 24.7 Å². The van der Waals surface area contributed by atoms with Gasteiger partial charge in [-0.15, -0.1) is 0 Å². The van der Waals surface area contributed by atoms with Crippen LogP contribution in [0.15, 0.2) is 36.5 Å². The number of nitrogens with zero attached hydrogens (tertiary/aromatic N) is 4. The van der Waals surface area contributed by atoms with E-state index < -0.39 is 27.3 Å². The Bertz CT molecular complexity index is 1530. The highest BCUT2D eigenvalue weighted by Gasteiger charge is 2.36. The van der Waals surface area contributed by atoms with Crippen LogP contribution in [0.25, 0.3) is 11.3 Å². The molecule has 39 heavy (non-hydrogen) atoms. The third-order valence-electron chi connectivity index (χ3n) is 7.31. The summed E-state index contributed by atoms with van der Waals surface area (Å²) in [4.78, 5) is 10.6. The third kappa shape index (κ3) is 5.56. The van der Waals surface area contributed by atoms with Gasteiger partial charge in [-0.25, -0.2) is 27.2 Å². The second-order valence-corrected chi connectivity index (χ2v) is 12.9. The SMILES string of the molecule is CCC(C)N1CC(C)(C)Oc2c(F)cc(-c3nc(Nc4ccc5c(c4)CCN(S(C)(=O)=O)C5)ncc3F)cc21. The summed E-state index contributed by atoms with van der Waals surface area (Å²) in [6.07, 6.45) is 3.70. The quantitative estimate of drug-likeness (QED) is 0.442. The van der Waals surface area contributed by atoms with Crippen LogP contribution in [0.2, 0.25) is 0 Å². The van der Waals surface area contributed by atoms with Gasteiger partial charge in [0, 0.05) is 30.4 Å². The van der Waals surface area contributed by atoms with Crippen molar-refractivity contribution >= 4 is 27.3 Å². The van der Waals surface area contributed by atoms with E-state index in [2.05, 4.69) is 34.0 Å². The number of nitrogens with one attached hydrogen (secondary N) is 1. The normalized spacial score (nSPS) is 17.7. The standard InChI is InChI=1S/C28H33F2N5O3S/c1-6-17(2)35-16-28(3,4)38-26-22(29)12-20(13-24(26)35)25-23(30)14-31-27(33-25)32-21-8-7-19-15-34(39(5,36)37)10-9-18(19)11-21/h7-8,11-14,17H,6,9-10,15-16H2,1-5H3,(H,31,32,33). The van der Waals surface area contributed by atoms with Gasteiger partial charge < -0.3 is 15.0 Å². The first kappa shape index (κ1) is 27.3. The lowest BCUT2D eigenvalue weighted by Gasteiger charge is -2.44. The monoisotopic (exact) mass is 557 g/mol. The highest BCUT2D eigenvalue weighted by atomic mass is 32.2. The fourth-order valence-electron chi connectivity index (χ4n) is 5.09. The first-order valence-corrected chi connectivity index (χ1v) is 14.9. The fraction of sp³-hybridized carbons (Fsp3) is 0.429. The van der Waals surface area contributed by atoms with Gasteiger partial charge in [0.2, 0.25) is 16.0 Å². The van der Waals surface area contributed by atoms with Crippen molar-refractivity contribution in [3.05, 3.63) is 59.3 Å². The predicted octanol–water partition coefficient (Wildman–Crippen LogP) is 5.26. The van der Waals surface area contributed by atoms with Crippen LogP contribution in [-0.4, -0.2) is 53.7 Å². The van der Waals surface area contributed by atoms with Crippen molar-refractivity contribution < 1.29 is 21.9 Å². The molecule has 0 radical (unpaired) electrons. The maximum Gasteiger partial charge on any atom is 0.227 e. The number of aromatic nitrogens is 2. The lowest BCUT2D eigenvalue weighted by Crippen LogP contribution is -2.50. The first-order chi connectivity index (χ1) is 18.3. The van der Waals surface area contributed by atoms with Gasteiger partial charge in [0.1, 0.15) is 11.3 Å². The molecule has 1 atom stereocenters. The van der Waals surface area contributed by atoms with Crippen molar-refractivity contribution in [3.63, 3.8) is 0 Å². The first-order valence-electron chi connectivity index (χ1n) is 13.0. The second kappa shape index (κ2) is 10.0. The number of hydrogen-bond donors (Lipinski definition) is 1. The molecule has 0 aliphatic carbocycles. The van der Waals surface area contributed by atoms with E-state index in [0.717, 1.165) is 23.7 Å². The van der Waals surface area contributed by atoms with E-state index in [4.69, 9.17) is 4.74 Å². The largest absolute Gasteiger partial charge is 0.481 e. The van der Waals surface area contributed by atoms with Crippen LogP contribution in [-0.2, 0) is 23.0 Å². The summed E-state index contributed by atoms with van der Waals surface area (Å²) in [7, 11) is -3.26. The molecule has 2 aliphatic rings. The number of anilines is 3. The molecule has 0 saturated heterocycles. The molecule has 2 aliphatic heterocycles. The van der Waals surface area contributed by atoms with Gasteiger partial charge in [-0.1, -0.05) is 13.0 Å². The molecule has 208 valence electrons. The number of ether oxygens (including phenoxy) is 1. The Morgan fingerprint density at radius 2 is 1.92 bits per heavy atom. The van der Waals surface area contributed by atoms with Crippen LogP contribution in [0.4, 0.5) is 26.1 Å². The van der Waals surface area contributed by atoms with Crippen LogP contribution in [0, 0.1) is 11.6 Å². The molecule has 0 fully saturated rings. The fourth-order valence-corrected chi connectivity index (χ4v) is 5.89. The number of rotatable bonds is 6. The highest BCUT2D eigenvalue weighted by Crippen LogP contribution is 2.43. The molecular formula is C28H33F2N5O3S. The van der Waals surface area contributed by atoms with Gasteiger partial charge in [-0.2, -0.15) is 4.31 Å². The van der Waals surface area contributed by atoms with Gasteiger partial charge in [-0.05, 0) is 69.0 Å². The topological polar surface area (TPSA) is 87.7 Å². The average molecular weight is 558 g/mol. The van der Waals surface area contributed by atoms with Crippen LogP contribution in [0.3, 0.4) is 0 Å². The van der Waals surface area contributed by atoms with E-state index in [1.54, 1.807) is 12.1 Å². The summed E-state index contributed by atoms with van der Waals surface area (Å²) in [5.74, 6) is -0.923. The van der Waals surface area contributed by atoms with Crippen LogP contribution >= 0.6 is 0 Å². The van der Waals surface area contributed by atoms with E-state index >= 15 is 4.39 Å². The van der Waals surface area contributed by atoms with E-state index in [1.165, 1.54) is 16.6 Å².